The number of H-pyrrole nitrogens is 1. The van der Waals surface area contributed by atoms with Crippen molar-refractivity contribution < 1.29 is 29.5 Å². The molecule has 4 N–H and O–H groups in total. The molecule has 2 aliphatic carbocycles. The molecule has 0 radical (unpaired) electrons. The van der Waals surface area contributed by atoms with E-state index in [1.54, 1.807) is 31.4 Å². The minimum atomic E-state index is -0.811. The summed E-state index contributed by atoms with van der Waals surface area (Å²) in [5.74, 6) is 2.16. The van der Waals surface area contributed by atoms with Crippen LogP contribution in [0.3, 0.4) is 0 Å². The quantitative estimate of drug-likeness (QED) is 0.190. The number of phenols is 2. The van der Waals surface area contributed by atoms with E-state index >= 15 is 0 Å². The van der Waals surface area contributed by atoms with Crippen LogP contribution < -0.4 is 14.2 Å². The lowest BCUT2D eigenvalue weighted by atomic mass is 9.65. The number of phenolic OH excluding ortho intramolecular Hbond substituents is 2. The molecule has 4 aromatic carbocycles. The summed E-state index contributed by atoms with van der Waals surface area (Å²) in [6.45, 7) is 0. The van der Waals surface area contributed by atoms with Crippen molar-refractivity contribution in [3.05, 3.63) is 106 Å². The summed E-state index contributed by atoms with van der Waals surface area (Å²) in [6, 6.07) is 19.3. The topological polar surface area (TPSA) is 104 Å². The van der Waals surface area contributed by atoms with E-state index in [1.165, 1.54) is 12.7 Å². The lowest BCUT2D eigenvalue weighted by molar-refractivity contribution is 0.0202. The Morgan fingerprint density at radius 3 is 2.49 bits per heavy atom. The van der Waals surface area contributed by atoms with Crippen molar-refractivity contribution >= 4 is 17.0 Å². The van der Waals surface area contributed by atoms with Crippen molar-refractivity contribution in [2.75, 3.05) is 14.2 Å². The minimum absolute atomic E-state index is 0.0310. The summed E-state index contributed by atoms with van der Waals surface area (Å²) in [4.78, 5) is 3.28. The number of rotatable bonds is 4. The van der Waals surface area contributed by atoms with Crippen LogP contribution in [-0.4, -0.2) is 40.6 Å². The predicted octanol–water partition coefficient (Wildman–Crippen LogP) is 6.75. The Bertz CT molecular complexity index is 1960. The van der Waals surface area contributed by atoms with Gasteiger partial charge in [-0.2, -0.15) is 0 Å². The van der Waals surface area contributed by atoms with E-state index in [9.17, 15) is 15.3 Å². The molecule has 3 aliphatic rings. The van der Waals surface area contributed by atoms with Gasteiger partial charge in [0.1, 0.15) is 23.4 Å². The number of ether oxygens (including phenoxy) is 3. The lowest BCUT2D eigenvalue weighted by Crippen LogP contribution is -2.32. The predicted molar refractivity (Wildman–Crippen MR) is 164 cm³/mol. The maximum absolute atomic E-state index is 11.4. The minimum Gasteiger partial charge on any atom is -0.507 e. The molecule has 0 saturated carbocycles. The Labute approximate surface area is 248 Å². The summed E-state index contributed by atoms with van der Waals surface area (Å²) < 4.78 is 17.8. The summed E-state index contributed by atoms with van der Waals surface area (Å²) >= 11 is 0. The number of aromatic hydroxyl groups is 2. The fraction of sp³-hybridized carbons (Fsp3) is 0.222. The molecule has 5 aromatic rings. The molecule has 0 unspecified atom stereocenters. The number of nitrogens with one attached hydrogen (secondary N) is 1. The van der Waals surface area contributed by atoms with Crippen LogP contribution in [0.25, 0.3) is 28.1 Å². The number of hydrogen-bond acceptors (Lipinski definition) is 6. The molecule has 0 spiro atoms. The smallest absolute Gasteiger partial charge is 0.160 e. The number of aliphatic hydroxyl groups is 1. The molecule has 7 nitrogen and oxygen atoms in total. The first kappa shape index (κ1) is 25.8. The van der Waals surface area contributed by atoms with Gasteiger partial charge in [-0.15, -0.1) is 0 Å². The molecule has 2 heterocycles. The SMILES string of the molecule is COc1cc([C@H]2Oc3cc(OC)c4c(c3C[C@H]2O)C[C@@H]2c3c-4ccc(O)c3C=C[C@H]2c2ccc3[nH]ccc3c2)ccc1O. The fourth-order valence-corrected chi connectivity index (χ4v) is 7.43. The van der Waals surface area contributed by atoms with Crippen LogP contribution in [0.15, 0.2) is 72.9 Å². The van der Waals surface area contributed by atoms with Gasteiger partial charge in [-0.05, 0) is 81.9 Å². The van der Waals surface area contributed by atoms with Crippen LogP contribution >= 0.6 is 0 Å². The standard InChI is InChI=1S/C36H31NO6/c1-41-32-14-20(4-9-29(32)39)36-30(40)16-24-26-15-25-21(18-3-8-27-19(13-18)11-12-37-27)5-6-22-28(38)10-7-23(34(22)25)35(26)33(42-2)17-31(24)43-36/h3-14,17,21,25,30,36-40H,15-16H2,1-2H3/t21-,25-,30+,36+/m0/s1. The van der Waals surface area contributed by atoms with E-state index in [0.29, 0.717) is 35.7 Å². The van der Waals surface area contributed by atoms with E-state index in [4.69, 9.17) is 14.2 Å². The highest BCUT2D eigenvalue weighted by molar-refractivity contribution is 5.88. The first-order valence-corrected chi connectivity index (χ1v) is 14.5. The number of benzene rings is 4. The van der Waals surface area contributed by atoms with Gasteiger partial charge in [-0.25, -0.2) is 0 Å². The van der Waals surface area contributed by atoms with Crippen LogP contribution in [0.5, 0.6) is 28.7 Å². The first-order valence-electron chi connectivity index (χ1n) is 14.5. The van der Waals surface area contributed by atoms with Gasteiger partial charge < -0.3 is 34.5 Å². The van der Waals surface area contributed by atoms with Gasteiger partial charge in [0.05, 0.1) is 20.3 Å². The number of methoxy groups -OCH3 is 2. The number of aromatic nitrogens is 1. The number of allylic oxidation sites excluding steroid dienone is 1. The van der Waals surface area contributed by atoms with Crippen LogP contribution in [0, 0.1) is 0 Å². The Kier molecular flexibility index (Phi) is 5.74. The Balaban J connectivity index is 1.27. The molecule has 7 heteroatoms. The molecule has 1 aromatic heterocycles. The average Bonchev–Trinajstić information content (AvgIpc) is 3.50. The van der Waals surface area contributed by atoms with Crippen LogP contribution in [0.4, 0.5) is 0 Å². The summed E-state index contributed by atoms with van der Waals surface area (Å²) in [5, 5.41) is 33.6. The molecule has 0 fully saturated rings. The summed E-state index contributed by atoms with van der Waals surface area (Å²) in [6.07, 6.45) is 5.87. The Morgan fingerprint density at radius 2 is 1.65 bits per heavy atom. The molecule has 8 rings (SSSR count). The second-order valence-corrected chi connectivity index (χ2v) is 11.6. The molecule has 0 amide bonds. The molecule has 4 atom stereocenters. The Morgan fingerprint density at radius 1 is 0.837 bits per heavy atom. The van der Waals surface area contributed by atoms with Gasteiger partial charge in [0, 0.05) is 46.8 Å². The highest BCUT2D eigenvalue weighted by atomic mass is 16.5. The zero-order valence-corrected chi connectivity index (χ0v) is 23.8. The fourth-order valence-electron chi connectivity index (χ4n) is 7.43. The maximum atomic E-state index is 11.4. The molecule has 0 bridgehead atoms. The third-order valence-electron chi connectivity index (χ3n) is 9.44. The molecule has 0 saturated heterocycles. The Hall–Kier alpha value is -4.88. The second-order valence-electron chi connectivity index (χ2n) is 11.6. The highest BCUT2D eigenvalue weighted by Gasteiger charge is 2.41. The summed E-state index contributed by atoms with van der Waals surface area (Å²) in [7, 11) is 3.16. The number of fused-ring (bicyclic) bond motifs is 5. The zero-order chi connectivity index (χ0) is 29.4. The normalized spacial score (nSPS) is 21.5. The number of aromatic amines is 1. The average molecular weight is 574 g/mol. The molecular weight excluding hydrogens is 542 g/mol. The van der Waals surface area contributed by atoms with E-state index in [1.807, 2.05) is 18.3 Å². The largest absolute Gasteiger partial charge is 0.507 e. The van der Waals surface area contributed by atoms with Crippen molar-refractivity contribution in [3.63, 3.8) is 0 Å². The third kappa shape index (κ3) is 3.85. The third-order valence-corrected chi connectivity index (χ3v) is 9.44. The van der Waals surface area contributed by atoms with E-state index in [0.717, 1.165) is 44.3 Å². The van der Waals surface area contributed by atoms with Crippen LogP contribution in [0.2, 0.25) is 0 Å². The molecular formula is C36H31NO6. The van der Waals surface area contributed by atoms with Gasteiger partial charge in [0.2, 0.25) is 0 Å². The van der Waals surface area contributed by atoms with E-state index in [-0.39, 0.29) is 23.3 Å². The van der Waals surface area contributed by atoms with Gasteiger partial charge in [-0.1, -0.05) is 30.4 Å². The maximum Gasteiger partial charge on any atom is 0.160 e. The molecule has 43 heavy (non-hydrogen) atoms. The van der Waals surface area contributed by atoms with Gasteiger partial charge in [0.25, 0.3) is 0 Å². The zero-order valence-electron chi connectivity index (χ0n) is 23.8. The van der Waals surface area contributed by atoms with Crippen molar-refractivity contribution in [2.45, 2.75) is 36.9 Å². The van der Waals surface area contributed by atoms with E-state index in [2.05, 4.69) is 41.4 Å². The lowest BCUT2D eigenvalue weighted by Gasteiger charge is -2.40. The van der Waals surface area contributed by atoms with Crippen molar-refractivity contribution in [1.29, 1.82) is 0 Å². The molecule has 216 valence electrons. The van der Waals surface area contributed by atoms with Gasteiger partial charge in [-0.3, -0.25) is 0 Å². The van der Waals surface area contributed by atoms with Crippen LogP contribution in [0.1, 0.15) is 51.3 Å². The monoisotopic (exact) mass is 573 g/mol. The van der Waals surface area contributed by atoms with Crippen molar-refractivity contribution in [3.8, 4) is 39.9 Å². The molecule has 1 aliphatic heterocycles. The van der Waals surface area contributed by atoms with Crippen molar-refractivity contribution in [1.82, 2.24) is 4.98 Å². The van der Waals surface area contributed by atoms with Crippen molar-refractivity contribution in [2.24, 2.45) is 0 Å². The van der Waals surface area contributed by atoms with E-state index < -0.39 is 12.2 Å². The second kappa shape index (κ2) is 9.57. The number of aliphatic hydroxyl groups excluding tert-OH is 1. The number of hydrogen-bond donors (Lipinski definition) is 4. The summed E-state index contributed by atoms with van der Waals surface area (Å²) in [5.41, 5.74) is 9.11. The highest BCUT2D eigenvalue weighted by Crippen LogP contribution is 2.57. The van der Waals surface area contributed by atoms with Crippen LogP contribution in [-0.2, 0) is 12.8 Å². The van der Waals surface area contributed by atoms with Gasteiger partial charge in [0.15, 0.2) is 11.5 Å². The van der Waals surface area contributed by atoms with Gasteiger partial charge >= 0.3 is 0 Å². The first-order chi connectivity index (χ1) is 20.9.